The number of benzene rings is 1. The first kappa shape index (κ1) is 13.4. The second kappa shape index (κ2) is 5.71. The van der Waals surface area contributed by atoms with Gasteiger partial charge in [0.15, 0.2) is 9.84 Å². The van der Waals surface area contributed by atoms with Crippen LogP contribution in [0.3, 0.4) is 0 Å². The van der Waals surface area contributed by atoms with Crippen molar-refractivity contribution in [2.75, 3.05) is 23.4 Å². The molecule has 18 heavy (non-hydrogen) atoms. The molecule has 2 rings (SSSR count). The van der Waals surface area contributed by atoms with E-state index in [0.717, 1.165) is 11.3 Å². The van der Waals surface area contributed by atoms with Crippen LogP contribution in [0, 0.1) is 0 Å². The van der Waals surface area contributed by atoms with Crippen LogP contribution in [-0.4, -0.2) is 32.6 Å². The summed E-state index contributed by atoms with van der Waals surface area (Å²) in [7, 11) is -2.84. The lowest BCUT2D eigenvalue weighted by Crippen LogP contribution is -2.21. The molecule has 0 saturated carbocycles. The number of rotatable bonds is 5. The first-order valence-electron chi connectivity index (χ1n) is 6.23. The first-order valence-corrected chi connectivity index (χ1v) is 8.05. The van der Waals surface area contributed by atoms with Gasteiger partial charge in [-0.3, -0.25) is 0 Å². The molecule has 0 aromatic heterocycles. The second-order valence-corrected chi connectivity index (χ2v) is 6.77. The summed E-state index contributed by atoms with van der Waals surface area (Å²) < 4.78 is 28.3. The summed E-state index contributed by atoms with van der Waals surface area (Å²) in [5.74, 6) is 0.522. The van der Waals surface area contributed by atoms with E-state index < -0.39 is 9.84 Å². The molecule has 1 unspecified atom stereocenters. The summed E-state index contributed by atoms with van der Waals surface area (Å²) in [6.45, 7) is 3.19. The average molecular weight is 269 g/mol. The summed E-state index contributed by atoms with van der Waals surface area (Å²) >= 11 is 0. The van der Waals surface area contributed by atoms with Gasteiger partial charge in [-0.1, -0.05) is 18.2 Å². The van der Waals surface area contributed by atoms with E-state index in [0.29, 0.717) is 19.6 Å². The molecule has 1 fully saturated rings. The lowest BCUT2D eigenvalue weighted by molar-refractivity contribution is 0.134. The average Bonchev–Trinajstić information content (AvgIpc) is 2.68. The third-order valence-corrected chi connectivity index (χ3v) is 4.84. The van der Waals surface area contributed by atoms with Crippen LogP contribution in [0.25, 0.3) is 0 Å². The molecule has 1 atom stereocenters. The molecule has 1 saturated heterocycles. The summed E-state index contributed by atoms with van der Waals surface area (Å²) in [5.41, 5.74) is 2.05. The Labute approximate surface area is 108 Å². The van der Waals surface area contributed by atoms with Crippen LogP contribution in [0.5, 0.6) is 0 Å². The number of ether oxygens (including phenoxy) is 1. The normalized spacial score (nSPS) is 21.9. The Morgan fingerprint density at radius 2 is 2.17 bits per heavy atom. The number of hydrogen-bond donors (Lipinski definition) is 1. The molecule has 1 aliphatic heterocycles. The van der Waals surface area contributed by atoms with Gasteiger partial charge in [-0.15, -0.1) is 0 Å². The molecule has 1 heterocycles. The Hall–Kier alpha value is -1.07. The van der Waals surface area contributed by atoms with Gasteiger partial charge in [0, 0.05) is 23.9 Å². The lowest BCUT2D eigenvalue weighted by Gasteiger charge is -2.16. The number of sulfone groups is 1. The van der Waals surface area contributed by atoms with Gasteiger partial charge >= 0.3 is 0 Å². The Balaban J connectivity index is 2.05. The van der Waals surface area contributed by atoms with Crippen LogP contribution < -0.4 is 5.32 Å². The summed E-state index contributed by atoms with van der Waals surface area (Å²) in [5, 5.41) is 3.31. The molecular formula is C13H19NO3S. The van der Waals surface area contributed by atoms with Crippen LogP contribution in [0.15, 0.2) is 24.3 Å². The first-order chi connectivity index (χ1) is 8.61. The Kier molecular flexibility index (Phi) is 4.24. The molecule has 0 spiro atoms. The molecule has 0 bridgehead atoms. The van der Waals surface area contributed by atoms with Gasteiger partial charge in [-0.05, 0) is 19.4 Å². The van der Waals surface area contributed by atoms with Crippen molar-refractivity contribution in [3.63, 3.8) is 0 Å². The largest absolute Gasteiger partial charge is 0.381 e. The van der Waals surface area contributed by atoms with Crippen LogP contribution in [0.4, 0.5) is 5.69 Å². The highest BCUT2D eigenvalue weighted by molar-refractivity contribution is 7.91. The van der Waals surface area contributed by atoms with E-state index in [-0.39, 0.29) is 17.5 Å². The zero-order chi connectivity index (χ0) is 13.0. The van der Waals surface area contributed by atoms with Gasteiger partial charge < -0.3 is 10.1 Å². The van der Waals surface area contributed by atoms with Crippen molar-refractivity contribution in [3.05, 3.63) is 29.8 Å². The van der Waals surface area contributed by atoms with Crippen LogP contribution >= 0.6 is 0 Å². The molecule has 1 aromatic carbocycles. The number of anilines is 1. The van der Waals surface area contributed by atoms with E-state index in [2.05, 4.69) is 5.32 Å². The summed E-state index contributed by atoms with van der Waals surface area (Å²) in [6, 6.07) is 7.91. The number of para-hydroxylation sites is 1. The molecule has 5 heteroatoms. The van der Waals surface area contributed by atoms with Crippen molar-refractivity contribution < 1.29 is 13.2 Å². The summed E-state index contributed by atoms with van der Waals surface area (Å²) in [4.78, 5) is 0. The maximum atomic E-state index is 11.4. The number of hydrogen-bond acceptors (Lipinski definition) is 4. The van der Waals surface area contributed by atoms with Crippen molar-refractivity contribution in [1.29, 1.82) is 0 Å². The third kappa shape index (κ3) is 3.46. The predicted molar refractivity (Wildman–Crippen MR) is 72.5 cm³/mol. The van der Waals surface area contributed by atoms with E-state index in [1.807, 2.05) is 31.2 Å². The zero-order valence-electron chi connectivity index (χ0n) is 10.6. The highest BCUT2D eigenvalue weighted by Gasteiger charge is 2.27. The zero-order valence-corrected chi connectivity index (χ0v) is 11.4. The van der Waals surface area contributed by atoms with Crippen molar-refractivity contribution in [2.45, 2.75) is 26.0 Å². The van der Waals surface area contributed by atoms with Crippen LogP contribution in [0.2, 0.25) is 0 Å². The van der Waals surface area contributed by atoms with Crippen LogP contribution in [-0.2, 0) is 21.2 Å². The van der Waals surface area contributed by atoms with Crippen molar-refractivity contribution in [1.82, 2.24) is 0 Å². The fraction of sp³-hybridized carbons (Fsp3) is 0.538. The minimum absolute atomic E-state index is 0.0257. The fourth-order valence-electron chi connectivity index (χ4n) is 2.13. The van der Waals surface area contributed by atoms with Crippen LogP contribution in [0.1, 0.15) is 18.9 Å². The van der Waals surface area contributed by atoms with Crippen molar-refractivity contribution in [3.8, 4) is 0 Å². The van der Waals surface area contributed by atoms with E-state index in [1.54, 1.807) is 0 Å². The molecule has 1 aliphatic rings. The Bertz CT molecular complexity index is 499. The minimum atomic E-state index is -2.84. The summed E-state index contributed by atoms with van der Waals surface area (Å²) in [6.07, 6.45) is 0.686. The van der Waals surface area contributed by atoms with Gasteiger partial charge in [-0.2, -0.15) is 0 Å². The van der Waals surface area contributed by atoms with E-state index in [4.69, 9.17) is 4.74 Å². The molecular weight excluding hydrogens is 250 g/mol. The SMILES string of the molecule is CCOCc1ccccc1NC1CCS(=O)(=O)C1. The Morgan fingerprint density at radius 1 is 1.39 bits per heavy atom. The van der Waals surface area contributed by atoms with Gasteiger partial charge in [0.25, 0.3) is 0 Å². The van der Waals surface area contributed by atoms with E-state index in [1.165, 1.54) is 0 Å². The minimum Gasteiger partial charge on any atom is -0.381 e. The maximum absolute atomic E-state index is 11.4. The Morgan fingerprint density at radius 3 is 2.83 bits per heavy atom. The molecule has 100 valence electrons. The van der Waals surface area contributed by atoms with Gasteiger partial charge in [0.2, 0.25) is 0 Å². The third-order valence-electron chi connectivity index (χ3n) is 3.07. The maximum Gasteiger partial charge on any atom is 0.152 e. The van der Waals surface area contributed by atoms with Crippen molar-refractivity contribution >= 4 is 15.5 Å². The van der Waals surface area contributed by atoms with E-state index >= 15 is 0 Å². The highest BCUT2D eigenvalue weighted by atomic mass is 32.2. The topological polar surface area (TPSA) is 55.4 Å². The molecule has 0 aliphatic carbocycles. The van der Waals surface area contributed by atoms with Gasteiger partial charge in [-0.25, -0.2) is 8.42 Å². The number of nitrogens with one attached hydrogen (secondary N) is 1. The van der Waals surface area contributed by atoms with Crippen molar-refractivity contribution in [2.24, 2.45) is 0 Å². The lowest BCUT2D eigenvalue weighted by atomic mass is 10.1. The second-order valence-electron chi connectivity index (χ2n) is 4.54. The fourth-order valence-corrected chi connectivity index (χ4v) is 3.80. The van der Waals surface area contributed by atoms with E-state index in [9.17, 15) is 8.42 Å². The highest BCUT2D eigenvalue weighted by Crippen LogP contribution is 2.21. The monoisotopic (exact) mass is 269 g/mol. The standard InChI is InChI=1S/C13H19NO3S/c1-2-17-9-11-5-3-4-6-13(11)14-12-7-8-18(15,16)10-12/h3-6,12,14H,2,7-10H2,1H3. The quantitative estimate of drug-likeness (QED) is 0.886. The molecule has 1 N–H and O–H groups in total. The predicted octanol–water partition coefficient (Wildman–Crippen LogP) is 1.82. The molecule has 4 nitrogen and oxygen atoms in total. The van der Waals surface area contributed by atoms with Gasteiger partial charge in [0.05, 0.1) is 18.1 Å². The smallest absolute Gasteiger partial charge is 0.152 e. The molecule has 0 amide bonds. The molecule has 0 radical (unpaired) electrons. The molecule has 1 aromatic rings. The van der Waals surface area contributed by atoms with Gasteiger partial charge in [0.1, 0.15) is 0 Å².